The van der Waals surface area contributed by atoms with Crippen molar-refractivity contribution in [2.45, 2.75) is 52.1 Å². The van der Waals surface area contributed by atoms with Crippen LogP contribution in [-0.4, -0.2) is 96.7 Å². The summed E-state index contributed by atoms with van der Waals surface area (Å²) in [4.78, 5) is 57.8. The molecule has 3 unspecified atom stereocenters. The lowest BCUT2D eigenvalue weighted by Gasteiger charge is -2.42. The van der Waals surface area contributed by atoms with Gasteiger partial charge < -0.3 is 21.1 Å². The van der Waals surface area contributed by atoms with E-state index in [1.807, 2.05) is 19.1 Å². The number of benzene rings is 1. The summed E-state index contributed by atoms with van der Waals surface area (Å²) < 4.78 is 0. The van der Waals surface area contributed by atoms with Gasteiger partial charge in [-0.1, -0.05) is 6.92 Å². The molecule has 11 nitrogen and oxygen atoms in total. The van der Waals surface area contributed by atoms with Crippen LogP contribution in [0.5, 0.6) is 0 Å². The van der Waals surface area contributed by atoms with Crippen LogP contribution in [0, 0.1) is 12.8 Å². The summed E-state index contributed by atoms with van der Waals surface area (Å²) in [6, 6.07) is 4.88. The predicted octanol–water partition coefficient (Wildman–Crippen LogP) is 1.96. The first-order valence-electron chi connectivity index (χ1n) is 14.2. The first kappa shape index (κ1) is 31.5. The van der Waals surface area contributed by atoms with Crippen molar-refractivity contribution in [3.63, 3.8) is 0 Å². The molecule has 2 aliphatic rings. The van der Waals surface area contributed by atoms with Crippen LogP contribution in [0.25, 0.3) is 0 Å². The number of aryl methyl sites for hydroxylation is 1. The van der Waals surface area contributed by atoms with Gasteiger partial charge >= 0.3 is 5.97 Å². The summed E-state index contributed by atoms with van der Waals surface area (Å²) in [5.74, 6) is -1.82. The molecule has 0 saturated carbocycles. The highest BCUT2D eigenvalue weighted by atomic mass is 16.4. The molecule has 11 heteroatoms. The molecule has 0 spiro atoms. The molecule has 3 rings (SSSR count). The Labute approximate surface area is 241 Å². The van der Waals surface area contributed by atoms with E-state index in [0.717, 1.165) is 61.7 Å². The van der Waals surface area contributed by atoms with Crippen molar-refractivity contribution in [3.8, 4) is 0 Å². The van der Waals surface area contributed by atoms with Crippen LogP contribution in [0.2, 0.25) is 0 Å². The number of carbonyl (C=O) groups is 4. The number of rotatable bonds is 9. The maximum Gasteiger partial charge on any atom is 0.337 e. The average molecular weight is 567 g/mol. The average Bonchev–Trinajstić information content (AvgIpc) is 2.93. The maximum atomic E-state index is 13.1. The van der Waals surface area contributed by atoms with Gasteiger partial charge in [-0.05, 0) is 81.1 Å². The third kappa shape index (κ3) is 8.50. The zero-order valence-corrected chi connectivity index (χ0v) is 24.2. The summed E-state index contributed by atoms with van der Waals surface area (Å²) in [6.45, 7) is 10.6. The van der Waals surface area contributed by atoms with Gasteiger partial charge in [0, 0.05) is 62.8 Å². The third-order valence-electron chi connectivity index (χ3n) is 7.79. The lowest BCUT2D eigenvalue weighted by molar-refractivity contribution is -0.132. The van der Waals surface area contributed by atoms with Crippen LogP contribution in [0.4, 0.5) is 5.69 Å². The van der Waals surface area contributed by atoms with Gasteiger partial charge in [0.15, 0.2) is 0 Å². The van der Waals surface area contributed by atoms with Crippen molar-refractivity contribution in [2.75, 3.05) is 44.2 Å². The number of amides is 3. The molecular formula is C30H42N6O5. The number of primary amides is 1. The van der Waals surface area contributed by atoms with Gasteiger partial charge in [0.1, 0.15) is 6.04 Å². The van der Waals surface area contributed by atoms with Crippen molar-refractivity contribution >= 4 is 36.1 Å². The highest BCUT2D eigenvalue weighted by Gasteiger charge is 2.29. The Balaban J connectivity index is 1.62. The first-order valence-corrected chi connectivity index (χ1v) is 14.2. The number of nitrogens with one attached hydrogen (secondary N) is 1. The van der Waals surface area contributed by atoms with Crippen molar-refractivity contribution in [1.82, 2.24) is 15.1 Å². The standard InChI is InChI=1S/C30H42N6O5/c1-4-27(28(31)38)36(20-37)29(39)26-8-7-25(16-21(26)2)35-15-14-34(22(3)18-35)19-23-9-12-32-11-5-6-24(30(40)41)17-33-13-10-23/h5-8,11,16-17,20,22-23,27,32H,4,9-10,12-15,18-19H2,1-3H3,(H2,31,38)(H,40,41)/b11-5+,24-6+,33-17?. The zero-order chi connectivity index (χ0) is 29.9. The SMILES string of the molecule is CCC(C(N)=O)N(C=O)C(=O)c1ccc(N2CCN(CC3CCN=C/C(C(=O)O)=C\C=C\NCC3)C(C)C2)cc1C. The number of allylic oxidation sites excluding steroid dienone is 2. The molecule has 1 aromatic carbocycles. The molecule has 3 atom stereocenters. The minimum Gasteiger partial charge on any atom is -0.478 e. The number of anilines is 1. The Morgan fingerprint density at radius 1 is 1.27 bits per heavy atom. The molecule has 0 radical (unpaired) electrons. The lowest BCUT2D eigenvalue weighted by atomic mass is 9.98. The number of aliphatic imine (C=N–C) groups is 1. The molecule has 222 valence electrons. The fourth-order valence-electron chi connectivity index (χ4n) is 5.36. The topological polar surface area (TPSA) is 149 Å². The van der Waals surface area contributed by atoms with E-state index < -0.39 is 23.8 Å². The van der Waals surface area contributed by atoms with Gasteiger partial charge in [-0.15, -0.1) is 0 Å². The summed E-state index contributed by atoms with van der Waals surface area (Å²) in [5, 5.41) is 12.6. The smallest absolute Gasteiger partial charge is 0.337 e. The Hall–Kier alpha value is -3.99. The number of hydrogen-bond acceptors (Lipinski definition) is 8. The van der Waals surface area contributed by atoms with Crippen molar-refractivity contribution in [1.29, 1.82) is 0 Å². The van der Waals surface area contributed by atoms with E-state index in [-0.39, 0.29) is 12.0 Å². The second-order valence-corrected chi connectivity index (χ2v) is 10.7. The number of imide groups is 1. The number of carbonyl (C=O) groups excluding carboxylic acids is 3. The first-order chi connectivity index (χ1) is 19.7. The summed E-state index contributed by atoms with van der Waals surface area (Å²) in [5.41, 5.74) is 7.66. The molecule has 1 saturated heterocycles. The molecule has 41 heavy (non-hydrogen) atoms. The van der Waals surface area contributed by atoms with Crippen molar-refractivity contribution in [3.05, 3.63) is 53.3 Å². The normalized spacial score (nSPS) is 23.1. The van der Waals surface area contributed by atoms with E-state index in [9.17, 15) is 24.3 Å². The van der Waals surface area contributed by atoms with Crippen molar-refractivity contribution < 1.29 is 24.3 Å². The summed E-state index contributed by atoms with van der Waals surface area (Å²) in [6.07, 6.45) is 8.94. The van der Waals surface area contributed by atoms with E-state index in [1.54, 1.807) is 25.3 Å². The lowest BCUT2D eigenvalue weighted by Crippen LogP contribution is -2.53. The van der Waals surface area contributed by atoms with Gasteiger partial charge in [0.2, 0.25) is 12.3 Å². The molecule has 4 N–H and O–H groups in total. The fraction of sp³-hybridized carbons (Fsp3) is 0.500. The number of hydrogen-bond donors (Lipinski definition) is 3. The minimum absolute atomic E-state index is 0.162. The Bertz CT molecular complexity index is 1200. The maximum absolute atomic E-state index is 13.1. The summed E-state index contributed by atoms with van der Waals surface area (Å²) >= 11 is 0. The molecule has 0 aromatic heterocycles. The van der Waals surface area contributed by atoms with E-state index in [1.165, 1.54) is 12.3 Å². The molecule has 1 aromatic rings. The van der Waals surface area contributed by atoms with Crippen LogP contribution >= 0.6 is 0 Å². The molecule has 2 heterocycles. The van der Waals surface area contributed by atoms with Crippen LogP contribution < -0.4 is 16.0 Å². The van der Waals surface area contributed by atoms with Gasteiger partial charge in [-0.25, -0.2) is 4.79 Å². The van der Waals surface area contributed by atoms with E-state index in [2.05, 4.69) is 27.0 Å². The van der Waals surface area contributed by atoms with Crippen LogP contribution in [-0.2, 0) is 14.4 Å². The van der Waals surface area contributed by atoms with Crippen molar-refractivity contribution in [2.24, 2.45) is 16.6 Å². The monoisotopic (exact) mass is 566 g/mol. The number of nitrogens with zero attached hydrogens (tertiary/aromatic N) is 4. The number of carboxylic acid groups (broad SMARTS) is 1. The highest BCUT2D eigenvalue weighted by molar-refractivity contribution is 6.08. The highest BCUT2D eigenvalue weighted by Crippen LogP contribution is 2.25. The zero-order valence-electron chi connectivity index (χ0n) is 24.2. The van der Waals surface area contributed by atoms with Gasteiger partial charge in [0.25, 0.3) is 5.91 Å². The Morgan fingerprint density at radius 2 is 2.05 bits per heavy atom. The fourth-order valence-corrected chi connectivity index (χ4v) is 5.36. The quantitative estimate of drug-likeness (QED) is 0.384. The molecule has 3 amide bonds. The largest absolute Gasteiger partial charge is 0.478 e. The predicted molar refractivity (Wildman–Crippen MR) is 159 cm³/mol. The Morgan fingerprint density at radius 3 is 2.68 bits per heavy atom. The van der Waals surface area contributed by atoms with Gasteiger partial charge in [-0.3, -0.25) is 29.2 Å². The van der Waals surface area contributed by atoms with E-state index in [4.69, 9.17) is 5.73 Å². The van der Waals surface area contributed by atoms with E-state index >= 15 is 0 Å². The van der Waals surface area contributed by atoms with Gasteiger partial charge in [0.05, 0.1) is 5.57 Å². The minimum atomic E-state index is -0.994. The van der Waals surface area contributed by atoms with E-state index in [0.29, 0.717) is 30.5 Å². The molecule has 0 aliphatic carbocycles. The molecule has 2 aliphatic heterocycles. The number of carboxylic acids is 1. The second kappa shape index (κ2) is 15.1. The Kier molecular flexibility index (Phi) is 11.6. The number of nitrogens with two attached hydrogens (primary N) is 1. The molecular weight excluding hydrogens is 524 g/mol. The summed E-state index contributed by atoms with van der Waals surface area (Å²) in [7, 11) is 0. The third-order valence-corrected chi connectivity index (χ3v) is 7.79. The molecule has 1 fully saturated rings. The van der Waals surface area contributed by atoms with Crippen LogP contribution in [0.1, 0.15) is 49.0 Å². The number of aliphatic carboxylic acids is 1. The van der Waals surface area contributed by atoms with Crippen LogP contribution in [0.3, 0.4) is 0 Å². The van der Waals surface area contributed by atoms with Crippen LogP contribution in [0.15, 0.2) is 47.1 Å². The second-order valence-electron chi connectivity index (χ2n) is 10.7. The molecule has 0 bridgehead atoms. The van der Waals surface area contributed by atoms with Gasteiger partial charge in [-0.2, -0.15) is 0 Å². The number of piperazine rings is 1.